The Morgan fingerprint density at radius 3 is 2.91 bits per heavy atom. The zero-order valence-corrected chi connectivity index (χ0v) is 12.6. The minimum absolute atomic E-state index is 0.0875. The zero-order valence-electron chi connectivity index (χ0n) is 12.6. The average molecular weight is 305 g/mol. The highest BCUT2D eigenvalue weighted by atomic mass is 16.5. The lowest BCUT2D eigenvalue weighted by atomic mass is 10.2. The van der Waals surface area contributed by atoms with Gasteiger partial charge in [-0.3, -0.25) is 4.79 Å². The minimum Gasteiger partial charge on any atom is -0.372 e. The van der Waals surface area contributed by atoms with Crippen molar-refractivity contribution in [2.24, 2.45) is 0 Å². The van der Waals surface area contributed by atoms with E-state index in [1.807, 2.05) is 18.7 Å². The van der Waals surface area contributed by atoms with Crippen molar-refractivity contribution in [1.29, 1.82) is 0 Å². The Labute approximate surface area is 127 Å². The highest BCUT2D eigenvalue weighted by Gasteiger charge is 2.25. The van der Waals surface area contributed by atoms with Gasteiger partial charge in [0.05, 0.1) is 12.2 Å². The molecule has 1 aliphatic heterocycles. The molecular formula is C13H19N7O2. The number of hydrogen-bond donors (Lipinski definition) is 1. The van der Waals surface area contributed by atoms with E-state index in [0.29, 0.717) is 37.5 Å². The SMILES string of the molecule is C[C@@H]1CN(C(=O)CCNc2ccc3nnnn3n2)C[C@@H](C)O1. The number of tetrazole rings is 1. The Morgan fingerprint density at radius 2 is 2.14 bits per heavy atom. The van der Waals surface area contributed by atoms with E-state index >= 15 is 0 Å². The maximum absolute atomic E-state index is 12.2. The van der Waals surface area contributed by atoms with Gasteiger partial charge in [0.2, 0.25) is 5.91 Å². The lowest BCUT2D eigenvalue weighted by molar-refractivity contribution is -0.142. The van der Waals surface area contributed by atoms with Crippen molar-refractivity contribution in [1.82, 2.24) is 30.2 Å². The lowest BCUT2D eigenvalue weighted by Gasteiger charge is -2.35. The Balaban J connectivity index is 1.50. The van der Waals surface area contributed by atoms with Gasteiger partial charge in [-0.2, -0.15) is 0 Å². The van der Waals surface area contributed by atoms with Crippen molar-refractivity contribution >= 4 is 17.4 Å². The summed E-state index contributed by atoms with van der Waals surface area (Å²) in [6.07, 6.45) is 0.587. The molecule has 3 rings (SSSR count). The Kier molecular flexibility index (Phi) is 4.14. The van der Waals surface area contributed by atoms with Crippen molar-refractivity contribution < 1.29 is 9.53 Å². The van der Waals surface area contributed by atoms with Crippen LogP contribution in [0.1, 0.15) is 20.3 Å². The summed E-state index contributed by atoms with van der Waals surface area (Å²) >= 11 is 0. The molecule has 1 aliphatic rings. The number of carbonyl (C=O) groups is 1. The smallest absolute Gasteiger partial charge is 0.224 e. The van der Waals surface area contributed by atoms with Gasteiger partial charge in [0.15, 0.2) is 5.65 Å². The van der Waals surface area contributed by atoms with Gasteiger partial charge in [0.1, 0.15) is 5.82 Å². The number of morpholine rings is 1. The van der Waals surface area contributed by atoms with Gasteiger partial charge in [-0.1, -0.05) is 0 Å². The van der Waals surface area contributed by atoms with E-state index in [1.54, 1.807) is 12.1 Å². The average Bonchev–Trinajstić information content (AvgIpc) is 2.93. The van der Waals surface area contributed by atoms with Crippen LogP contribution in [0, 0.1) is 0 Å². The maximum atomic E-state index is 12.2. The number of aromatic nitrogens is 5. The summed E-state index contributed by atoms with van der Waals surface area (Å²) in [5, 5.41) is 18.3. The first kappa shape index (κ1) is 14.6. The number of fused-ring (bicyclic) bond motifs is 1. The van der Waals surface area contributed by atoms with Gasteiger partial charge in [-0.05, 0) is 36.4 Å². The third kappa shape index (κ3) is 3.30. The first-order chi connectivity index (χ1) is 10.6. The molecule has 0 aliphatic carbocycles. The van der Waals surface area contributed by atoms with Crippen LogP contribution in [-0.4, -0.2) is 67.9 Å². The van der Waals surface area contributed by atoms with Crippen molar-refractivity contribution in [3.05, 3.63) is 12.1 Å². The number of anilines is 1. The molecule has 2 atom stereocenters. The van der Waals surface area contributed by atoms with Crippen LogP contribution in [0.2, 0.25) is 0 Å². The Hall–Kier alpha value is -2.29. The molecule has 9 nitrogen and oxygen atoms in total. The van der Waals surface area contributed by atoms with Crippen LogP contribution in [0.3, 0.4) is 0 Å². The summed E-state index contributed by atoms with van der Waals surface area (Å²) in [6, 6.07) is 3.55. The van der Waals surface area contributed by atoms with Gasteiger partial charge >= 0.3 is 0 Å². The molecule has 1 fully saturated rings. The molecule has 1 amide bonds. The van der Waals surface area contributed by atoms with Crippen molar-refractivity contribution in [2.45, 2.75) is 32.5 Å². The molecule has 1 saturated heterocycles. The Morgan fingerprint density at radius 1 is 1.36 bits per heavy atom. The molecule has 0 radical (unpaired) electrons. The van der Waals surface area contributed by atoms with E-state index in [4.69, 9.17) is 4.74 Å². The van der Waals surface area contributed by atoms with Crippen LogP contribution in [0.4, 0.5) is 5.82 Å². The van der Waals surface area contributed by atoms with Crippen LogP contribution >= 0.6 is 0 Å². The summed E-state index contributed by atoms with van der Waals surface area (Å²) in [5.74, 6) is 0.759. The second-order valence-corrected chi connectivity index (χ2v) is 5.48. The van der Waals surface area contributed by atoms with Crippen LogP contribution in [0.15, 0.2) is 12.1 Å². The number of amides is 1. The number of nitrogens with one attached hydrogen (secondary N) is 1. The van der Waals surface area contributed by atoms with Gasteiger partial charge in [-0.25, -0.2) is 0 Å². The van der Waals surface area contributed by atoms with Gasteiger partial charge < -0.3 is 15.0 Å². The maximum Gasteiger partial charge on any atom is 0.224 e. The van der Waals surface area contributed by atoms with Crippen LogP contribution in [-0.2, 0) is 9.53 Å². The third-order valence-corrected chi connectivity index (χ3v) is 3.49. The molecule has 3 heterocycles. The predicted molar refractivity (Wildman–Crippen MR) is 78.3 cm³/mol. The highest BCUT2D eigenvalue weighted by molar-refractivity contribution is 5.76. The first-order valence-electron chi connectivity index (χ1n) is 7.34. The van der Waals surface area contributed by atoms with Crippen LogP contribution in [0.5, 0.6) is 0 Å². The van der Waals surface area contributed by atoms with Crippen molar-refractivity contribution in [3.63, 3.8) is 0 Å². The summed E-state index contributed by atoms with van der Waals surface area (Å²) in [6.45, 7) is 5.79. The molecule has 1 N–H and O–H groups in total. The van der Waals surface area contributed by atoms with Crippen LogP contribution in [0.25, 0.3) is 5.65 Å². The number of nitrogens with zero attached hydrogens (tertiary/aromatic N) is 6. The van der Waals surface area contributed by atoms with Gasteiger partial charge in [0.25, 0.3) is 0 Å². The number of rotatable bonds is 4. The molecule has 0 bridgehead atoms. The first-order valence-corrected chi connectivity index (χ1v) is 7.34. The standard InChI is InChI=1S/C13H19N7O2/c1-9-7-19(8-10(2)22-9)13(21)5-6-14-11-3-4-12-15-17-18-20(12)16-11/h3-4,9-10H,5-8H2,1-2H3,(H,14,16)/t9-,10-/m1/s1. The fourth-order valence-corrected chi connectivity index (χ4v) is 2.58. The molecule has 0 spiro atoms. The molecule has 22 heavy (non-hydrogen) atoms. The van der Waals surface area contributed by atoms with E-state index in [-0.39, 0.29) is 18.1 Å². The monoisotopic (exact) mass is 305 g/mol. The van der Waals surface area contributed by atoms with Crippen molar-refractivity contribution in [3.8, 4) is 0 Å². The van der Waals surface area contributed by atoms with Gasteiger partial charge in [0, 0.05) is 26.1 Å². The largest absolute Gasteiger partial charge is 0.372 e. The Bertz CT molecular complexity index is 649. The topological polar surface area (TPSA) is 97.5 Å². The summed E-state index contributed by atoms with van der Waals surface area (Å²) in [4.78, 5) is 14.1. The third-order valence-electron chi connectivity index (χ3n) is 3.49. The molecule has 2 aromatic heterocycles. The van der Waals surface area contributed by atoms with E-state index < -0.39 is 0 Å². The summed E-state index contributed by atoms with van der Waals surface area (Å²) < 4.78 is 6.98. The number of ether oxygens (including phenoxy) is 1. The number of hydrogen-bond acceptors (Lipinski definition) is 7. The molecule has 0 unspecified atom stereocenters. The van der Waals surface area contributed by atoms with E-state index in [9.17, 15) is 4.79 Å². The van der Waals surface area contributed by atoms with Crippen molar-refractivity contribution in [2.75, 3.05) is 25.0 Å². The van der Waals surface area contributed by atoms with Gasteiger partial charge in [-0.15, -0.1) is 14.8 Å². The second kappa shape index (κ2) is 6.22. The highest BCUT2D eigenvalue weighted by Crippen LogP contribution is 2.12. The number of carbonyl (C=O) groups excluding carboxylic acids is 1. The summed E-state index contributed by atoms with van der Waals surface area (Å²) in [5.41, 5.74) is 0.581. The second-order valence-electron chi connectivity index (χ2n) is 5.48. The van der Waals surface area contributed by atoms with E-state index in [0.717, 1.165) is 0 Å². The molecule has 9 heteroatoms. The summed E-state index contributed by atoms with van der Waals surface area (Å²) in [7, 11) is 0. The molecule has 2 aromatic rings. The predicted octanol–water partition coefficient (Wildman–Crippen LogP) is -0.0429. The lowest BCUT2D eigenvalue weighted by Crippen LogP contribution is -2.48. The van der Waals surface area contributed by atoms with E-state index in [1.165, 1.54) is 4.63 Å². The molecule has 0 aromatic carbocycles. The normalized spacial score (nSPS) is 22.0. The fraction of sp³-hybridized carbons (Fsp3) is 0.615. The molecule has 118 valence electrons. The minimum atomic E-state index is 0.0875. The molecule has 0 saturated carbocycles. The van der Waals surface area contributed by atoms with Crippen LogP contribution < -0.4 is 5.32 Å². The fourth-order valence-electron chi connectivity index (χ4n) is 2.58. The van der Waals surface area contributed by atoms with E-state index in [2.05, 4.69) is 25.9 Å². The quantitative estimate of drug-likeness (QED) is 0.846. The zero-order chi connectivity index (χ0) is 15.5. The molecular weight excluding hydrogens is 286 g/mol.